The number of aromatic amines is 3. The van der Waals surface area contributed by atoms with Crippen LogP contribution in [0.4, 0.5) is 0 Å². The molecule has 16 nitrogen and oxygen atoms in total. The molecule has 0 aliphatic carbocycles. The molecule has 0 radical (unpaired) electrons. The van der Waals surface area contributed by atoms with E-state index in [9.17, 15) is 24.0 Å². The zero-order valence-electron chi connectivity index (χ0n) is 32.6. The molecular weight excluding hydrogens is 751 g/mol. The van der Waals surface area contributed by atoms with Gasteiger partial charge in [-0.05, 0) is 54.6 Å². The van der Waals surface area contributed by atoms with E-state index in [0.717, 1.165) is 38.5 Å². The lowest BCUT2D eigenvalue weighted by molar-refractivity contribution is -0.134. The van der Waals surface area contributed by atoms with Gasteiger partial charge in [0.2, 0.25) is 29.5 Å². The summed E-state index contributed by atoms with van der Waals surface area (Å²) < 4.78 is 0. The lowest BCUT2D eigenvalue weighted by atomic mass is 10.0. The zero-order chi connectivity index (χ0) is 41.7. The van der Waals surface area contributed by atoms with Gasteiger partial charge in [-0.3, -0.25) is 24.0 Å². The van der Waals surface area contributed by atoms with E-state index in [1.165, 1.54) is 6.33 Å². The van der Waals surface area contributed by atoms with Gasteiger partial charge in [0, 0.05) is 71.8 Å². The second kappa shape index (κ2) is 20.1. The van der Waals surface area contributed by atoms with Gasteiger partial charge < -0.3 is 53.4 Å². The van der Waals surface area contributed by atoms with Crippen molar-refractivity contribution in [2.45, 2.75) is 75.2 Å². The van der Waals surface area contributed by atoms with E-state index < -0.39 is 59.7 Å². The number of carbonyl (C=O) groups excluding carboxylic acids is 5. The van der Waals surface area contributed by atoms with E-state index in [0.29, 0.717) is 25.1 Å². The highest BCUT2D eigenvalue weighted by Crippen LogP contribution is 2.21. The van der Waals surface area contributed by atoms with Gasteiger partial charge in [-0.2, -0.15) is 0 Å². The number of primary amides is 1. The quantitative estimate of drug-likeness (QED) is 0.0476. The molecule has 6 rings (SSSR count). The summed E-state index contributed by atoms with van der Waals surface area (Å²) in [5.74, 6) is -3.20. The van der Waals surface area contributed by atoms with Crippen molar-refractivity contribution in [3.8, 4) is 0 Å². The molecule has 0 aliphatic heterocycles. The van der Waals surface area contributed by atoms with Crippen LogP contribution in [0.15, 0.2) is 104 Å². The van der Waals surface area contributed by atoms with Crippen LogP contribution in [0.3, 0.4) is 0 Å². The second-order valence-corrected chi connectivity index (χ2v) is 14.6. The minimum atomic E-state index is -1.18. The lowest BCUT2D eigenvalue weighted by Crippen LogP contribution is -2.59. The van der Waals surface area contributed by atoms with E-state index in [2.05, 4.69) is 41.2 Å². The molecule has 0 unspecified atom stereocenters. The van der Waals surface area contributed by atoms with Crippen LogP contribution >= 0.6 is 0 Å². The maximum atomic E-state index is 14.4. The number of nitrogens with two attached hydrogens (primary N) is 3. The van der Waals surface area contributed by atoms with Crippen molar-refractivity contribution < 1.29 is 24.0 Å². The predicted molar refractivity (Wildman–Crippen MR) is 224 cm³/mol. The molecule has 13 N–H and O–H groups in total. The van der Waals surface area contributed by atoms with Crippen LogP contribution in [0.2, 0.25) is 0 Å². The molecule has 3 aromatic heterocycles. The largest absolute Gasteiger partial charge is 0.368 e. The number of carbonyl (C=O) groups is 5. The van der Waals surface area contributed by atoms with Crippen LogP contribution in [-0.4, -0.2) is 86.2 Å². The summed E-state index contributed by atoms with van der Waals surface area (Å²) in [6.07, 6.45) is 8.24. The van der Waals surface area contributed by atoms with E-state index in [-0.39, 0.29) is 32.1 Å². The van der Waals surface area contributed by atoms with Crippen LogP contribution in [-0.2, 0) is 49.7 Å². The Morgan fingerprint density at radius 2 is 1.12 bits per heavy atom. The van der Waals surface area contributed by atoms with E-state index in [1.807, 2.05) is 78.9 Å². The van der Waals surface area contributed by atoms with E-state index >= 15 is 0 Å². The molecule has 5 amide bonds. The smallest absolute Gasteiger partial charge is 0.243 e. The van der Waals surface area contributed by atoms with Crippen LogP contribution in [0.1, 0.15) is 41.6 Å². The first kappa shape index (κ1) is 41.8. The molecule has 3 heterocycles. The summed E-state index contributed by atoms with van der Waals surface area (Å²) in [7, 11) is 0. The fourth-order valence-electron chi connectivity index (χ4n) is 7.12. The van der Waals surface area contributed by atoms with E-state index in [1.54, 1.807) is 18.6 Å². The standard InChI is InChI=1S/C43H51N11O5/c44-17-9-8-16-35(51-42(58)37(19-27-22-48-33-14-6-4-12-30(27)33)53-40(56)32(45)21-29-24-47-25-50-29)41(57)54-38(20-28-23-49-34-15-7-5-13-31(28)34)43(59)52-36(39(46)55)18-26-10-2-1-3-11-26/h1-7,10-15,22-25,32,35-38,48-49H,8-9,16-21,44-45H2,(H2,46,55)(H,47,50)(H,51,58)(H,52,59)(H,53,56)(H,54,57)/t32-,35+,36+,37+,38-/m0/s1. The number of amides is 5. The monoisotopic (exact) mass is 801 g/mol. The summed E-state index contributed by atoms with van der Waals surface area (Å²) in [6.45, 7) is 0.358. The van der Waals surface area contributed by atoms with Gasteiger partial charge in [0.15, 0.2) is 0 Å². The number of unbranched alkanes of at least 4 members (excludes halogenated alkanes) is 1. The van der Waals surface area contributed by atoms with Gasteiger partial charge in [0.1, 0.15) is 24.2 Å². The Hall–Kier alpha value is -6.78. The number of nitrogens with zero attached hydrogens (tertiary/aromatic N) is 1. The molecule has 16 heteroatoms. The number of nitrogens with one attached hydrogen (secondary N) is 7. The van der Waals surface area contributed by atoms with Crippen LogP contribution in [0.5, 0.6) is 0 Å². The highest BCUT2D eigenvalue weighted by Gasteiger charge is 2.32. The predicted octanol–water partition coefficient (Wildman–Crippen LogP) is 1.52. The number of imidazole rings is 1. The molecule has 6 aromatic rings. The first-order chi connectivity index (χ1) is 28.6. The Morgan fingerprint density at radius 1 is 0.593 bits per heavy atom. The number of para-hydroxylation sites is 2. The normalized spacial score (nSPS) is 13.9. The summed E-state index contributed by atoms with van der Waals surface area (Å²) in [5, 5.41) is 13.0. The number of benzene rings is 3. The first-order valence-corrected chi connectivity index (χ1v) is 19.7. The minimum Gasteiger partial charge on any atom is -0.368 e. The highest BCUT2D eigenvalue weighted by molar-refractivity contribution is 5.97. The van der Waals surface area contributed by atoms with Crippen molar-refractivity contribution in [3.05, 3.63) is 126 Å². The van der Waals surface area contributed by atoms with Crippen LogP contribution < -0.4 is 38.5 Å². The van der Waals surface area contributed by atoms with Crippen molar-refractivity contribution in [1.82, 2.24) is 41.2 Å². The molecule has 0 fully saturated rings. The zero-order valence-corrected chi connectivity index (χ0v) is 32.6. The SMILES string of the molecule is NCCCC[C@@H](NC(=O)[C@@H](Cc1c[nH]c2ccccc12)NC(=O)[C@@H](N)Cc1cnc[nH]1)C(=O)N[C@@H](Cc1c[nH]c2ccccc12)C(=O)N[C@H](Cc1ccccc1)C(N)=O. The first-order valence-electron chi connectivity index (χ1n) is 19.7. The molecule has 0 saturated heterocycles. The Kier molecular flexibility index (Phi) is 14.2. The van der Waals surface area contributed by atoms with Crippen molar-refractivity contribution >= 4 is 51.3 Å². The van der Waals surface area contributed by atoms with Crippen molar-refractivity contribution in [2.75, 3.05) is 6.54 Å². The molecule has 0 spiro atoms. The van der Waals surface area contributed by atoms with Gasteiger partial charge in [-0.15, -0.1) is 0 Å². The van der Waals surface area contributed by atoms with Gasteiger partial charge in [0.25, 0.3) is 0 Å². The number of rotatable bonds is 21. The topological polar surface area (TPSA) is 272 Å². The third-order valence-electron chi connectivity index (χ3n) is 10.3. The minimum absolute atomic E-state index is 0.0509. The van der Waals surface area contributed by atoms with Crippen LogP contribution in [0.25, 0.3) is 21.8 Å². The van der Waals surface area contributed by atoms with Crippen molar-refractivity contribution in [2.24, 2.45) is 17.2 Å². The lowest BCUT2D eigenvalue weighted by Gasteiger charge is -2.27. The highest BCUT2D eigenvalue weighted by atomic mass is 16.2. The molecule has 59 heavy (non-hydrogen) atoms. The fourth-order valence-corrected chi connectivity index (χ4v) is 7.12. The number of H-pyrrole nitrogens is 3. The molecule has 0 saturated carbocycles. The maximum absolute atomic E-state index is 14.4. The summed E-state index contributed by atoms with van der Waals surface area (Å²) in [5.41, 5.74) is 22.5. The van der Waals surface area contributed by atoms with Gasteiger partial charge in [0.05, 0.1) is 12.4 Å². The fraction of sp³-hybridized carbons (Fsp3) is 0.302. The number of fused-ring (bicyclic) bond motifs is 2. The van der Waals surface area contributed by atoms with E-state index in [4.69, 9.17) is 17.2 Å². The Labute approximate surface area is 340 Å². The van der Waals surface area contributed by atoms with Gasteiger partial charge in [-0.1, -0.05) is 66.7 Å². The average molecular weight is 802 g/mol. The third kappa shape index (κ3) is 11.2. The summed E-state index contributed by atoms with van der Waals surface area (Å²) in [4.78, 5) is 82.2. The number of hydrogen-bond donors (Lipinski definition) is 10. The number of hydrogen-bond acceptors (Lipinski definition) is 8. The Morgan fingerprint density at radius 3 is 1.68 bits per heavy atom. The molecule has 3 aromatic carbocycles. The van der Waals surface area contributed by atoms with Crippen LogP contribution in [0, 0.1) is 0 Å². The second-order valence-electron chi connectivity index (χ2n) is 14.6. The average Bonchev–Trinajstić information content (AvgIpc) is 4.01. The molecular formula is C43H51N11O5. The molecule has 0 aliphatic rings. The van der Waals surface area contributed by atoms with Gasteiger partial charge >= 0.3 is 0 Å². The Balaban J connectivity index is 1.25. The Bertz CT molecular complexity index is 2340. The number of aromatic nitrogens is 4. The van der Waals surface area contributed by atoms with Crippen molar-refractivity contribution in [3.63, 3.8) is 0 Å². The van der Waals surface area contributed by atoms with Crippen molar-refractivity contribution in [1.29, 1.82) is 0 Å². The molecule has 0 bridgehead atoms. The maximum Gasteiger partial charge on any atom is 0.243 e. The summed E-state index contributed by atoms with van der Waals surface area (Å²) in [6, 6.07) is 18.7. The third-order valence-corrected chi connectivity index (χ3v) is 10.3. The van der Waals surface area contributed by atoms with Gasteiger partial charge in [-0.25, -0.2) is 4.98 Å². The summed E-state index contributed by atoms with van der Waals surface area (Å²) >= 11 is 0. The molecule has 5 atom stereocenters. The molecule has 308 valence electrons.